The molecule has 0 atom stereocenters. The van der Waals surface area contributed by atoms with Crippen LogP contribution in [0.5, 0.6) is 0 Å². The van der Waals surface area contributed by atoms with E-state index in [9.17, 15) is 0 Å². The minimum atomic E-state index is 0.552. The Labute approximate surface area is 127 Å². The lowest BCUT2D eigenvalue weighted by molar-refractivity contribution is 0.986. The Balaban J connectivity index is 1.74. The maximum atomic E-state index is 4.59. The number of nitrogens with zero attached hydrogens (tertiary/aromatic N) is 5. The number of hydrogen-bond acceptors (Lipinski definition) is 7. The molecular formula is C12H9BrN6S. The summed E-state index contributed by atoms with van der Waals surface area (Å²) >= 11 is 5.06. The van der Waals surface area contributed by atoms with E-state index in [1.54, 1.807) is 6.20 Å². The number of aromatic nitrogens is 3. The van der Waals surface area contributed by atoms with Gasteiger partial charge in [0.2, 0.25) is 5.95 Å². The highest BCUT2D eigenvalue weighted by molar-refractivity contribution is 9.12. The fourth-order valence-electron chi connectivity index (χ4n) is 2.20. The SMILES string of the molecule is BrC1=Cc2cnc(Nc3nccs3)nc2N2CCN=C12. The fourth-order valence-corrected chi connectivity index (χ4v) is 3.31. The normalized spacial score (nSPS) is 16.4. The molecule has 1 N–H and O–H groups in total. The fraction of sp³-hybridized carbons (Fsp3) is 0.167. The van der Waals surface area contributed by atoms with E-state index in [2.05, 4.69) is 46.1 Å². The van der Waals surface area contributed by atoms with Gasteiger partial charge in [0.15, 0.2) is 5.13 Å². The molecule has 4 heterocycles. The number of halogens is 1. The molecule has 2 aliphatic rings. The molecule has 0 radical (unpaired) electrons. The lowest BCUT2D eigenvalue weighted by Gasteiger charge is -2.25. The highest BCUT2D eigenvalue weighted by atomic mass is 79.9. The van der Waals surface area contributed by atoms with Crippen molar-refractivity contribution < 1.29 is 0 Å². The topological polar surface area (TPSA) is 66.3 Å². The Kier molecular flexibility index (Phi) is 2.78. The third-order valence-electron chi connectivity index (χ3n) is 3.04. The maximum Gasteiger partial charge on any atom is 0.230 e. The van der Waals surface area contributed by atoms with Gasteiger partial charge in [0.25, 0.3) is 0 Å². The van der Waals surface area contributed by atoms with Crippen LogP contribution in [-0.4, -0.2) is 33.9 Å². The molecule has 0 saturated carbocycles. The second-order valence-electron chi connectivity index (χ2n) is 4.28. The van der Waals surface area contributed by atoms with Gasteiger partial charge in [0.1, 0.15) is 11.7 Å². The molecule has 0 fully saturated rings. The summed E-state index contributed by atoms with van der Waals surface area (Å²) in [5.74, 6) is 2.38. The number of nitrogens with one attached hydrogen (secondary N) is 1. The maximum absolute atomic E-state index is 4.59. The first-order chi connectivity index (χ1) is 9.81. The monoisotopic (exact) mass is 348 g/mol. The van der Waals surface area contributed by atoms with Crippen molar-refractivity contribution in [1.82, 2.24) is 15.0 Å². The van der Waals surface area contributed by atoms with Gasteiger partial charge >= 0.3 is 0 Å². The highest BCUT2D eigenvalue weighted by Crippen LogP contribution is 2.33. The molecule has 0 saturated heterocycles. The zero-order chi connectivity index (χ0) is 13.5. The second-order valence-corrected chi connectivity index (χ2v) is 6.03. The third-order valence-corrected chi connectivity index (χ3v) is 4.31. The standard InChI is InChI=1S/C12H9BrN6S/c13-8-5-7-6-16-11(18-12-15-2-4-20-12)17-9(7)19-3-1-14-10(8)19/h2,4-6H,1,3H2,(H,15,16,17,18). The predicted octanol–water partition coefficient (Wildman–Crippen LogP) is 2.64. The summed E-state index contributed by atoms with van der Waals surface area (Å²) in [4.78, 5) is 19.7. The van der Waals surface area contributed by atoms with Crippen LogP contribution in [0.2, 0.25) is 0 Å². The van der Waals surface area contributed by atoms with Gasteiger partial charge in [-0.3, -0.25) is 10.3 Å². The lowest BCUT2D eigenvalue weighted by Crippen LogP contribution is -2.31. The largest absolute Gasteiger partial charge is 0.308 e. The van der Waals surface area contributed by atoms with E-state index < -0.39 is 0 Å². The Morgan fingerprint density at radius 1 is 1.35 bits per heavy atom. The van der Waals surface area contributed by atoms with Gasteiger partial charge in [0, 0.05) is 29.9 Å². The average Bonchev–Trinajstić information content (AvgIpc) is 3.10. The molecule has 0 bridgehead atoms. The van der Waals surface area contributed by atoms with Crippen LogP contribution >= 0.6 is 27.3 Å². The van der Waals surface area contributed by atoms with Gasteiger partial charge in [-0.25, -0.2) is 9.97 Å². The molecular weight excluding hydrogens is 340 g/mol. The smallest absolute Gasteiger partial charge is 0.230 e. The van der Waals surface area contributed by atoms with Crippen LogP contribution in [0.3, 0.4) is 0 Å². The van der Waals surface area contributed by atoms with Crippen LogP contribution in [0.25, 0.3) is 6.08 Å². The first-order valence-corrected chi connectivity index (χ1v) is 7.71. The quantitative estimate of drug-likeness (QED) is 0.903. The summed E-state index contributed by atoms with van der Waals surface area (Å²) in [5.41, 5.74) is 0.988. The molecule has 0 unspecified atom stereocenters. The Morgan fingerprint density at radius 2 is 2.30 bits per heavy atom. The summed E-state index contributed by atoms with van der Waals surface area (Å²) in [5, 5.41) is 5.80. The van der Waals surface area contributed by atoms with Crippen molar-refractivity contribution in [2.75, 3.05) is 23.3 Å². The van der Waals surface area contributed by atoms with E-state index in [1.165, 1.54) is 11.3 Å². The minimum absolute atomic E-state index is 0.552. The van der Waals surface area contributed by atoms with Crippen LogP contribution in [-0.2, 0) is 0 Å². The third kappa shape index (κ3) is 1.92. The van der Waals surface area contributed by atoms with Crippen molar-refractivity contribution in [2.45, 2.75) is 0 Å². The molecule has 4 rings (SSSR count). The number of fused-ring (bicyclic) bond motifs is 3. The molecule has 20 heavy (non-hydrogen) atoms. The van der Waals surface area contributed by atoms with Crippen molar-refractivity contribution >= 4 is 56.1 Å². The molecule has 2 aromatic heterocycles. The van der Waals surface area contributed by atoms with Crippen molar-refractivity contribution in [1.29, 1.82) is 0 Å². The first-order valence-electron chi connectivity index (χ1n) is 6.04. The summed E-state index contributed by atoms with van der Waals surface area (Å²) in [6.45, 7) is 1.63. The van der Waals surface area contributed by atoms with Crippen molar-refractivity contribution in [3.8, 4) is 0 Å². The van der Waals surface area contributed by atoms with Gasteiger partial charge in [-0.2, -0.15) is 4.98 Å². The van der Waals surface area contributed by atoms with Crippen LogP contribution in [0, 0.1) is 0 Å². The van der Waals surface area contributed by atoms with Gasteiger partial charge in [0.05, 0.1) is 11.0 Å². The molecule has 2 aromatic rings. The second kappa shape index (κ2) is 4.64. The molecule has 100 valence electrons. The molecule has 0 spiro atoms. The van der Waals surface area contributed by atoms with Crippen LogP contribution < -0.4 is 10.2 Å². The first kappa shape index (κ1) is 12.0. The number of anilines is 3. The molecule has 6 nitrogen and oxygen atoms in total. The Morgan fingerprint density at radius 3 is 3.15 bits per heavy atom. The summed E-state index contributed by atoms with van der Waals surface area (Å²) in [7, 11) is 0. The molecule has 2 aliphatic heterocycles. The summed E-state index contributed by atoms with van der Waals surface area (Å²) in [6, 6.07) is 0. The summed E-state index contributed by atoms with van der Waals surface area (Å²) < 4.78 is 0.978. The Bertz CT molecular complexity index is 724. The predicted molar refractivity (Wildman–Crippen MR) is 84.0 cm³/mol. The number of aliphatic imine (C=N–C) groups is 1. The molecule has 0 aromatic carbocycles. The zero-order valence-electron chi connectivity index (χ0n) is 10.2. The van der Waals surface area contributed by atoms with Crippen LogP contribution in [0.1, 0.15) is 5.56 Å². The van der Waals surface area contributed by atoms with Crippen LogP contribution in [0.15, 0.2) is 27.2 Å². The van der Waals surface area contributed by atoms with E-state index in [-0.39, 0.29) is 0 Å². The van der Waals surface area contributed by atoms with E-state index in [0.717, 1.165) is 39.9 Å². The number of amidine groups is 1. The average molecular weight is 349 g/mol. The molecule has 0 amide bonds. The zero-order valence-corrected chi connectivity index (χ0v) is 12.6. The molecule has 8 heteroatoms. The van der Waals surface area contributed by atoms with E-state index >= 15 is 0 Å². The number of thiazole rings is 1. The molecule has 0 aliphatic carbocycles. The van der Waals surface area contributed by atoms with Crippen molar-refractivity contribution in [2.24, 2.45) is 4.99 Å². The Hall–Kier alpha value is -1.80. The highest BCUT2D eigenvalue weighted by Gasteiger charge is 2.28. The van der Waals surface area contributed by atoms with Crippen molar-refractivity contribution in [3.05, 3.63) is 27.8 Å². The van der Waals surface area contributed by atoms with E-state index in [0.29, 0.717) is 5.95 Å². The number of hydrogen-bond donors (Lipinski definition) is 1. The summed E-state index contributed by atoms with van der Waals surface area (Å²) in [6.07, 6.45) is 5.56. The minimum Gasteiger partial charge on any atom is -0.308 e. The van der Waals surface area contributed by atoms with E-state index in [4.69, 9.17) is 0 Å². The number of rotatable bonds is 2. The van der Waals surface area contributed by atoms with Gasteiger partial charge in [-0.05, 0) is 22.0 Å². The van der Waals surface area contributed by atoms with Gasteiger partial charge in [-0.1, -0.05) is 0 Å². The van der Waals surface area contributed by atoms with Gasteiger partial charge < -0.3 is 4.90 Å². The van der Waals surface area contributed by atoms with E-state index in [1.807, 2.05) is 17.7 Å². The van der Waals surface area contributed by atoms with Gasteiger partial charge in [-0.15, -0.1) is 11.3 Å². The van der Waals surface area contributed by atoms with Crippen LogP contribution in [0.4, 0.5) is 16.9 Å². The van der Waals surface area contributed by atoms with Crippen molar-refractivity contribution in [3.63, 3.8) is 0 Å². The lowest BCUT2D eigenvalue weighted by atomic mass is 10.2.